The molecule has 0 aliphatic heterocycles. The minimum Gasteiger partial charge on any atom is -0.480 e. The van der Waals surface area contributed by atoms with Gasteiger partial charge in [-0.25, -0.2) is 4.98 Å². The highest BCUT2D eigenvalue weighted by Gasteiger charge is 2.27. The van der Waals surface area contributed by atoms with Crippen LogP contribution in [0.5, 0.6) is 0 Å². The average Bonchev–Trinajstić information content (AvgIpc) is 2.99. The molecule has 0 aliphatic rings. The van der Waals surface area contributed by atoms with Crippen molar-refractivity contribution < 1.29 is 19.8 Å². The molecule has 0 saturated heterocycles. The van der Waals surface area contributed by atoms with E-state index in [0.29, 0.717) is 23.7 Å². The molecule has 0 fully saturated rings. The molecule has 2 rings (SSSR count). The number of nitrogens with zero attached hydrogens (tertiary/aromatic N) is 2. The monoisotopic (exact) mass is 393 g/mol. The smallest absolute Gasteiger partial charge is 0.321 e. The summed E-state index contributed by atoms with van der Waals surface area (Å²) in [7, 11) is 0. The molecule has 0 spiro atoms. The van der Waals surface area contributed by atoms with Crippen molar-refractivity contribution in [3.05, 3.63) is 53.1 Å². The Kier molecular flexibility index (Phi) is 7.38. The first kappa shape index (κ1) is 20.9. The van der Waals surface area contributed by atoms with Crippen molar-refractivity contribution in [2.45, 2.75) is 45.3 Å². The van der Waals surface area contributed by atoms with Crippen molar-refractivity contribution in [2.75, 3.05) is 0 Å². The average molecular weight is 394 g/mol. The highest BCUT2D eigenvalue weighted by atomic mass is 35.5. The van der Waals surface area contributed by atoms with Gasteiger partial charge in [-0.3, -0.25) is 14.9 Å². The predicted molar refractivity (Wildman–Crippen MR) is 102 cm³/mol. The van der Waals surface area contributed by atoms with E-state index in [1.165, 1.54) is 0 Å². The van der Waals surface area contributed by atoms with Gasteiger partial charge in [-0.05, 0) is 30.0 Å². The molecule has 1 unspecified atom stereocenters. The fraction of sp³-hybridized carbons (Fsp3) is 0.421. The number of aromatic nitrogens is 2. The third-order valence-electron chi connectivity index (χ3n) is 4.16. The predicted octanol–water partition coefficient (Wildman–Crippen LogP) is 2.67. The molecule has 0 saturated carbocycles. The molecule has 146 valence electrons. The molecule has 8 heteroatoms. The van der Waals surface area contributed by atoms with Crippen LogP contribution in [0.25, 0.3) is 0 Å². The maximum Gasteiger partial charge on any atom is 0.321 e. The summed E-state index contributed by atoms with van der Waals surface area (Å²) in [6.45, 7) is 4.29. The summed E-state index contributed by atoms with van der Waals surface area (Å²) in [5.41, 5.74) is 1.66. The van der Waals surface area contributed by atoms with Gasteiger partial charge in [0.25, 0.3) is 0 Å². The fourth-order valence-corrected chi connectivity index (χ4v) is 3.09. The Morgan fingerprint density at radius 2 is 1.93 bits per heavy atom. The summed E-state index contributed by atoms with van der Waals surface area (Å²) >= 11 is 6.01. The lowest BCUT2D eigenvalue weighted by molar-refractivity contribution is -0.142. The van der Waals surface area contributed by atoms with Crippen LogP contribution in [-0.4, -0.2) is 43.8 Å². The van der Waals surface area contributed by atoms with Gasteiger partial charge in [0.15, 0.2) is 0 Å². The van der Waals surface area contributed by atoms with Crippen LogP contribution >= 0.6 is 11.6 Å². The molecule has 27 heavy (non-hydrogen) atoms. The van der Waals surface area contributed by atoms with Crippen LogP contribution in [0.1, 0.15) is 31.5 Å². The molecule has 0 radical (unpaired) electrons. The van der Waals surface area contributed by atoms with E-state index in [0.717, 1.165) is 5.56 Å². The minimum atomic E-state index is -1.10. The number of rotatable bonds is 10. The van der Waals surface area contributed by atoms with Gasteiger partial charge in [-0.2, -0.15) is 0 Å². The van der Waals surface area contributed by atoms with E-state index in [-0.39, 0.29) is 12.3 Å². The second-order valence-corrected chi connectivity index (χ2v) is 7.36. The van der Waals surface area contributed by atoms with Crippen molar-refractivity contribution in [1.29, 1.82) is 0 Å². The van der Waals surface area contributed by atoms with Gasteiger partial charge in [-0.1, -0.05) is 37.6 Å². The fourth-order valence-electron chi connectivity index (χ4n) is 2.87. The van der Waals surface area contributed by atoms with E-state index in [1.807, 2.05) is 36.6 Å². The molecule has 0 amide bonds. The Labute approximate surface area is 163 Å². The summed E-state index contributed by atoms with van der Waals surface area (Å²) in [5.74, 6) is -2.02. The van der Waals surface area contributed by atoms with Gasteiger partial charge < -0.3 is 14.8 Å². The van der Waals surface area contributed by atoms with Gasteiger partial charge in [0.1, 0.15) is 12.1 Å². The van der Waals surface area contributed by atoms with E-state index in [9.17, 15) is 19.8 Å². The zero-order valence-corrected chi connectivity index (χ0v) is 16.1. The number of hydrogen-bond acceptors (Lipinski definition) is 4. The number of nitrogens with one attached hydrogen (secondary N) is 1. The minimum absolute atomic E-state index is 0.123. The Morgan fingerprint density at radius 3 is 2.52 bits per heavy atom. The standard InChI is InChI=1S/C19H24ClN3O4/c1-12(2)6-16(18(24)25)22-17(19(26)27)8-15-9-21-11-23(15)10-13-4-3-5-14(20)7-13/h3-5,7,9,11-12,16-17,22H,6,8,10H2,1-2H3,(H,24,25)(H,26,27)/t16?,17-/m0/s1. The normalized spacial score (nSPS) is 13.5. The summed E-state index contributed by atoms with van der Waals surface area (Å²) in [6, 6.07) is 5.44. The van der Waals surface area contributed by atoms with Crippen molar-refractivity contribution in [3.63, 3.8) is 0 Å². The summed E-state index contributed by atoms with van der Waals surface area (Å²) in [4.78, 5) is 27.2. The largest absolute Gasteiger partial charge is 0.480 e. The summed E-state index contributed by atoms with van der Waals surface area (Å²) < 4.78 is 1.83. The number of hydrogen-bond donors (Lipinski definition) is 3. The van der Waals surface area contributed by atoms with Gasteiger partial charge in [0.05, 0.1) is 6.33 Å². The molecule has 0 aliphatic carbocycles. The lowest BCUT2D eigenvalue weighted by Gasteiger charge is -2.22. The maximum absolute atomic E-state index is 11.7. The lowest BCUT2D eigenvalue weighted by Crippen LogP contribution is -2.49. The van der Waals surface area contributed by atoms with Gasteiger partial charge in [0, 0.05) is 29.9 Å². The Morgan fingerprint density at radius 1 is 1.22 bits per heavy atom. The lowest BCUT2D eigenvalue weighted by atomic mass is 10.0. The molecule has 2 aromatic rings. The summed E-state index contributed by atoms with van der Waals surface area (Å²) in [5, 5.41) is 22.3. The maximum atomic E-state index is 11.7. The van der Waals surface area contributed by atoms with Crippen molar-refractivity contribution in [3.8, 4) is 0 Å². The first-order valence-electron chi connectivity index (χ1n) is 8.71. The molecule has 3 N–H and O–H groups in total. The second-order valence-electron chi connectivity index (χ2n) is 6.92. The highest BCUT2D eigenvalue weighted by molar-refractivity contribution is 6.30. The second kappa shape index (κ2) is 9.53. The van der Waals surface area contributed by atoms with Gasteiger partial charge in [-0.15, -0.1) is 0 Å². The van der Waals surface area contributed by atoms with Crippen LogP contribution in [0.15, 0.2) is 36.8 Å². The Hall–Kier alpha value is -2.38. The molecule has 1 aromatic heterocycles. The number of imidazole rings is 1. The Bertz CT molecular complexity index is 791. The van der Waals surface area contributed by atoms with Crippen LogP contribution in [0.3, 0.4) is 0 Å². The first-order valence-corrected chi connectivity index (χ1v) is 9.09. The molecular weight excluding hydrogens is 370 g/mol. The first-order chi connectivity index (χ1) is 12.8. The molecule has 1 aromatic carbocycles. The van der Waals surface area contributed by atoms with Crippen LogP contribution in [0.2, 0.25) is 5.02 Å². The molecule has 1 heterocycles. The molecule has 0 bridgehead atoms. The molecular formula is C19H24ClN3O4. The highest BCUT2D eigenvalue weighted by Crippen LogP contribution is 2.14. The van der Waals surface area contributed by atoms with Crippen LogP contribution in [0, 0.1) is 5.92 Å². The van der Waals surface area contributed by atoms with Crippen LogP contribution in [0.4, 0.5) is 0 Å². The zero-order valence-electron chi connectivity index (χ0n) is 15.3. The van der Waals surface area contributed by atoms with Crippen molar-refractivity contribution >= 4 is 23.5 Å². The van der Waals surface area contributed by atoms with Gasteiger partial charge in [0.2, 0.25) is 0 Å². The topological polar surface area (TPSA) is 104 Å². The van der Waals surface area contributed by atoms with Gasteiger partial charge >= 0.3 is 11.9 Å². The van der Waals surface area contributed by atoms with Crippen molar-refractivity contribution in [2.24, 2.45) is 5.92 Å². The molecule has 2 atom stereocenters. The van der Waals surface area contributed by atoms with E-state index < -0.39 is 24.0 Å². The number of carboxylic acid groups (broad SMARTS) is 2. The van der Waals surface area contributed by atoms with E-state index >= 15 is 0 Å². The third kappa shape index (κ3) is 6.37. The van der Waals surface area contributed by atoms with E-state index in [4.69, 9.17) is 11.6 Å². The van der Waals surface area contributed by atoms with E-state index in [2.05, 4.69) is 10.3 Å². The number of benzene rings is 1. The number of carboxylic acids is 2. The number of halogens is 1. The van der Waals surface area contributed by atoms with Crippen molar-refractivity contribution in [1.82, 2.24) is 14.9 Å². The molecule has 7 nitrogen and oxygen atoms in total. The van der Waals surface area contributed by atoms with Crippen LogP contribution < -0.4 is 5.32 Å². The number of carbonyl (C=O) groups is 2. The zero-order chi connectivity index (χ0) is 20.0. The quantitative estimate of drug-likeness (QED) is 0.573. The van der Waals surface area contributed by atoms with Crippen LogP contribution in [-0.2, 0) is 22.6 Å². The summed E-state index contributed by atoms with van der Waals surface area (Å²) in [6.07, 6.45) is 3.69. The SMILES string of the molecule is CC(C)CC(N[C@@H](Cc1cncn1Cc1cccc(Cl)c1)C(=O)O)C(=O)O. The van der Waals surface area contributed by atoms with E-state index in [1.54, 1.807) is 18.6 Å². The third-order valence-corrected chi connectivity index (χ3v) is 4.39. The Balaban J connectivity index is 2.14. The number of aliphatic carboxylic acids is 2.